The smallest absolute Gasteiger partial charge is 0.337 e. The van der Waals surface area contributed by atoms with Crippen LogP contribution < -0.4 is 4.90 Å². The third kappa shape index (κ3) is 2.50. The van der Waals surface area contributed by atoms with Crippen molar-refractivity contribution in [1.29, 1.82) is 0 Å². The molecule has 1 atom stereocenters. The van der Waals surface area contributed by atoms with Gasteiger partial charge < -0.3 is 10.0 Å². The number of para-hydroxylation sites is 1. The Bertz CT molecular complexity index is 442. The molecule has 0 bridgehead atoms. The van der Waals surface area contributed by atoms with E-state index in [9.17, 15) is 9.90 Å². The van der Waals surface area contributed by atoms with Gasteiger partial charge in [0.1, 0.15) is 0 Å². The molecule has 0 aliphatic carbocycles. The molecule has 0 spiro atoms. The lowest BCUT2D eigenvalue weighted by atomic mass is 9.94. The van der Waals surface area contributed by atoms with Crippen molar-refractivity contribution < 1.29 is 9.90 Å². The van der Waals surface area contributed by atoms with Crippen molar-refractivity contribution in [3.05, 3.63) is 29.3 Å². The summed E-state index contributed by atoms with van der Waals surface area (Å²) in [7, 11) is 0. The molecule has 3 heteroatoms. The number of carboxylic acids is 1. The van der Waals surface area contributed by atoms with Gasteiger partial charge in [-0.05, 0) is 37.3 Å². The minimum absolute atomic E-state index is 0.437. The average Bonchev–Trinajstić information content (AvgIpc) is 2.38. The van der Waals surface area contributed by atoms with E-state index in [2.05, 4.69) is 11.8 Å². The number of rotatable bonds is 3. The van der Waals surface area contributed by atoms with Crippen LogP contribution in [0.4, 0.5) is 5.69 Å². The fraction of sp³-hybridized carbons (Fsp3) is 0.533. The van der Waals surface area contributed by atoms with Crippen LogP contribution in [0.5, 0.6) is 0 Å². The topological polar surface area (TPSA) is 40.5 Å². The van der Waals surface area contributed by atoms with Crippen molar-refractivity contribution in [3.63, 3.8) is 0 Å². The zero-order valence-corrected chi connectivity index (χ0v) is 11.1. The van der Waals surface area contributed by atoms with Crippen LogP contribution in [0.25, 0.3) is 0 Å². The SMILES string of the molecule is CCC1CCCN(c2c(C)cccc2C(=O)O)C1. The second kappa shape index (κ2) is 5.42. The van der Waals surface area contributed by atoms with Crippen LogP contribution in [0.15, 0.2) is 18.2 Å². The Morgan fingerprint density at radius 3 is 2.94 bits per heavy atom. The third-order valence-corrected chi connectivity index (χ3v) is 3.88. The predicted molar refractivity (Wildman–Crippen MR) is 73.4 cm³/mol. The van der Waals surface area contributed by atoms with E-state index in [1.165, 1.54) is 12.8 Å². The Morgan fingerprint density at radius 2 is 2.28 bits per heavy atom. The molecule has 1 aliphatic heterocycles. The standard InChI is InChI=1S/C15H21NO2/c1-3-12-7-5-9-16(10-12)14-11(2)6-4-8-13(14)15(17)18/h4,6,8,12H,3,5,7,9-10H2,1-2H3,(H,17,18). The predicted octanol–water partition coefficient (Wildman–Crippen LogP) is 3.32. The quantitative estimate of drug-likeness (QED) is 0.890. The van der Waals surface area contributed by atoms with Crippen molar-refractivity contribution in [2.45, 2.75) is 33.1 Å². The number of benzene rings is 1. The molecule has 18 heavy (non-hydrogen) atoms. The lowest BCUT2D eigenvalue weighted by molar-refractivity contribution is 0.0697. The normalized spacial score (nSPS) is 19.9. The fourth-order valence-corrected chi connectivity index (χ4v) is 2.85. The molecular weight excluding hydrogens is 226 g/mol. The van der Waals surface area contributed by atoms with Crippen LogP contribution in [0.3, 0.4) is 0 Å². The molecule has 0 radical (unpaired) electrons. The van der Waals surface area contributed by atoms with Gasteiger partial charge in [0.05, 0.1) is 11.3 Å². The molecule has 1 aromatic carbocycles. The van der Waals surface area contributed by atoms with Gasteiger partial charge in [-0.15, -0.1) is 0 Å². The second-order valence-corrected chi connectivity index (χ2v) is 5.14. The summed E-state index contributed by atoms with van der Waals surface area (Å²) in [6.07, 6.45) is 3.60. The summed E-state index contributed by atoms with van der Waals surface area (Å²) >= 11 is 0. The van der Waals surface area contributed by atoms with E-state index < -0.39 is 5.97 Å². The molecule has 3 nitrogen and oxygen atoms in total. The number of piperidine rings is 1. The third-order valence-electron chi connectivity index (χ3n) is 3.88. The molecule has 0 aromatic heterocycles. The Kier molecular flexibility index (Phi) is 3.90. The van der Waals surface area contributed by atoms with Gasteiger partial charge in [-0.2, -0.15) is 0 Å². The maximum atomic E-state index is 11.3. The molecule has 1 N–H and O–H groups in total. The van der Waals surface area contributed by atoms with E-state index in [0.717, 1.165) is 30.8 Å². The van der Waals surface area contributed by atoms with Gasteiger partial charge in [0.25, 0.3) is 0 Å². The zero-order valence-electron chi connectivity index (χ0n) is 11.1. The number of carboxylic acid groups (broad SMARTS) is 1. The van der Waals surface area contributed by atoms with Crippen molar-refractivity contribution in [3.8, 4) is 0 Å². The van der Waals surface area contributed by atoms with E-state index in [-0.39, 0.29) is 0 Å². The lowest BCUT2D eigenvalue weighted by Gasteiger charge is -2.35. The van der Waals surface area contributed by atoms with E-state index in [4.69, 9.17) is 0 Å². The number of aromatic carboxylic acids is 1. The highest BCUT2D eigenvalue weighted by molar-refractivity contribution is 5.95. The maximum absolute atomic E-state index is 11.3. The van der Waals surface area contributed by atoms with E-state index in [1.54, 1.807) is 6.07 Å². The first-order chi connectivity index (χ1) is 8.63. The summed E-state index contributed by atoms with van der Waals surface area (Å²) in [5.41, 5.74) is 2.42. The number of nitrogens with zero attached hydrogens (tertiary/aromatic N) is 1. The first kappa shape index (κ1) is 12.9. The largest absolute Gasteiger partial charge is 0.478 e. The minimum atomic E-state index is -0.827. The van der Waals surface area contributed by atoms with Crippen LogP contribution >= 0.6 is 0 Å². The van der Waals surface area contributed by atoms with Gasteiger partial charge in [-0.3, -0.25) is 0 Å². The monoisotopic (exact) mass is 247 g/mol. The van der Waals surface area contributed by atoms with Gasteiger partial charge in [-0.25, -0.2) is 4.79 Å². The molecule has 98 valence electrons. The zero-order chi connectivity index (χ0) is 13.1. The highest BCUT2D eigenvalue weighted by Crippen LogP contribution is 2.30. The highest BCUT2D eigenvalue weighted by atomic mass is 16.4. The first-order valence-electron chi connectivity index (χ1n) is 6.71. The van der Waals surface area contributed by atoms with E-state index in [1.807, 2.05) is 19.1 Å². The molecular formula is C15H21NO2. The minimum Gasteiger partial charge on any atom is -0.478 e. The van der Waals surface area contributed by atoms with Gasteiger partial charge in [0, 0.05) is 13.1 Å². The van der Waals surface area contributed by atoms with Crippen molar-refractivity contribution >= 4 is 11.7 Å². The molecule has 0 amide bonds. The Balaban J connectivity index is 2.34. The molecule has 1 saturated heterocycles. The number of hydrogen-bond donors (Lipinski definition) is 1. The molecule has 1 heterocycles. The number of aryl methyl sites for hydroxylation is 1. The van der Waals surface area contributed by atoms with E-state index in [0.29, 0.717) is 11.5 Å². The fourth-order valence-electron chi connectivity index (χ4n) is 2.85. The van der Waals surface area contributed by atoms with Crippen LogP contribution in [-0.2, 0) is 0 Å². The van der Waals surface area contributed by atoms with Crippen LogP contribution in [-0.4, -0.2) is 24.2 Å². The lowest BCUT2D eigenvalue weighted by Crippen LogP contribution is -2.36. The second-order valence-electron chi connectivity index (χ2n) is 5.14. The number of anilines is 1. The average molecular weight is 247 g/mol. The summed E-state index contributed by atoms with van der Waals surface area (Å²) in [6.45, 7) is 6.17. The molecule has 0 saturated carbocycles. The van der Waals surface area contributed by atoms with E-state index >= 15 is 0 Å². The summed E-state index contributed by atoms with van der Waals surface area (Å²) in [4.78, 5) is 13.6. The molecule has 2 rings (SSSR count). The number of carbonyl (C=O) groups is 1. The molecule has 1 unspecified atom stereocenters. The molecule has 1 aliphatic rings. The Labute approximate surface area is 108 Å². The Hall–Kier alpha value is -1.51. The highest BCUT2D eigenvalue weighted by Gasteiger charge is 2.23. The van der Waals surface area contributed by atoms with Gasteiger partial charge in [0.15, 0.2) is 0 Å². The van der Waals surface area contributed by atoms with Gasteiger partial charge in [0.2, 0.25) is 0 Å². The molecule has 1 aromatic rings. The Morgan fingerprint density at radius 1 is 1.50 bits per heavy atom. The first-order valence-corrected chi connectivity index (χ1v) is 6.71. The molecule has 1 fully saturated rings. The van der Waals surface area contributed by atoms with Gasteiger partial charge >= 0.3 is 5.97 Å². The number of hydrogen-bond acceptors (Lipinski definition) is 2. The summed E-state index contributed by atoms with van der Waals surface area (Å²) in [6, 6.07) is 5.53. The van der Waals surface area contributed by atoms with Gasteiger partial charge in [-0.1, -0.05) is 25.5 Å². The van der Waals surface area contributed by atoms with Crippen LogP contribution in [0.2, 0.25) is 0 Å². The van der Waals surface area contributed by atoms with Crippen LogP contribution in [0, 0.1) is 12.8 Å². The maximum Gasteiger partial charge on any atom is 0.337 e. The van der Waals surface area contributed by atoms with Crippen molar-refractivity contribution in [1.82, 2.24) is 0 Å². The van der Waals surface area contributed by atoms with Crippen molar-refractivity contribution in [2.24, 2.45) is 5.92 Å². The van der Waals surface area contributed by atoms with Crippen molar-refractivity contribution in [2.75, 3.05) is 18.0 Å². The summed E-state index contributed by atoms with van der Waals surface area (Å²) in [5, 5.41) is 9.32. The van der Waals surface area contributed by atoms with Crippen LogP contribution in [0.1, 0.15) is 42.1 Å². The summed E-state index contributed by atoms with van der Waals surface area (Å²) < 4.78 is 0. The summed E-state index contributed by atoms with van der Waals surface area (Å²) in [5.74, 6) is -0.132.